The van der Waals surface area contributed by atoms with Crippen molar-refractivity contribution in [1.29, 1.82) is 0 Å². The van der Waals surface area contributed by atoms with E-state index in [0.29, 0.717) is 6.54 Å². The van der Waals surface area contributed by atoms with Gasteiger partial charge in [-0.15, -0.1) is 0 Å². The van der Waals surface area contributed by atoms with Gasteiger partial charge in [0.2, 0.25) is 0 Å². The quantitative estimate of drug-likeness (QED) is 0.843. The number of carbonyl (C=O) groups excluding carboxylic acids is 1. The van der Waals surface area contributed by atoms with Crippen LogP contribution in [-0.2, 0) is 11.2 Å². The number of benzene rings is 1. The number of rotatable bonds is 1. The minimum atomic E-state index is -0.498. The van der Waals surface area contributed by atoms with Gasteiger partial charge in [0.25, 0.3) is 0 Å². The van der Waals surface area contributed by atoms with E-state index in [1.54, 1.807) is 4.90 Å². The molecule has 0 fully saturated rings. The number of carbonyl (C=O) groups is 1. The van der Waals surface area contributed by atoms with Gasteiger partial charge in [-0.3, -0.25) is 4.90 Å². The van der Waals surface area contributed by atoms with Crippen LogP contribution < -0.4 is 10.2 Å². The van der Waals surface area contributed by atoms with Crippen molar-refractivity contribution in [2.24, 2.45) is 0 Å². The molecule has 1 aliphatic heterocycles. The maximum atomic E-state index is 12.6. The van der Waals surface area contributed by atoms with E-state index in [-0.39, 0.29) is 11.6 Å². The Morgan fingerprint density at radius 1 is 1.38 bits per heavy atom. The summed E-state index contributed by atoms with van der Waals surface area (Å²) in [4.78, 5) is 14.4. The topological polar surface area (TPSA) is 41.6 Å². The van der Waals surface area contributed by atoms with Crippen molar-refractivity contribution in [3.05, 3.63) is 23.8 Å². The standard InChI is InChI=1S/C17H26N2O2/c1-7-12-8-9-14-13(10-12)18-11-17(5,6)19(14)15(20)21-16(2,3)4/h8-10,18H,7,11H2,1-6H3. The first-order valence-electron chi connectivity index (χ1n) is 7.54. The number of hydrogen-bond donors (Lipinski definition) is 1. The zero-order valence-electron chi connectivity index (χ0n) is 13.9. The van der Waals surface area contributed by atoms with Gasteiger partial charge < -0.3 is 10.1 Å². The normalized spacial score (nSPS) is 17.0. The number of anilines is 2. The van der Waals surface area contributed by atoms with Crippen LogP contribution in [-0.4, -0.2) is 23.8 Å². The van der Waals surface area contributed by atoms with Crippen LogP contribution >= 0.6 is 0 Å². The first-order chi connectivity index (χ1) is 9.64. The van der Waals surface area contributed by atoms with E-state index in [4.69, 9.17) is 4.74 Å². The van der Waals surface area contributed by atoms with E-state index >= 15 is 0 Å². The van der Waals surface area contributed by atoms with Crippen molar-refractivity contribution in [2.45, 2.75) is 59.1 Å². The van der Waals surface area contributed by atoms with E-state index in [0.717, 1.165) is 17.8 Å². The summed E-state index contributed by atoms with van der Waals surface area (Å²) in [6.07, 6.45) is 0.685. The monoisotopic (exact) mass is 290 g/mol. The maximum Gasteiger partial charge on any atom is 0.415 e. The van der Waals surface area contributed by atoms with Gasteiger partial charge in [-0.05, 0) is 58.7 Å². The highest BCUT2D eigenvalue weighted by Crippen LogP contribution is 2.37. The molecular formula is C17H26N2O2. The molecule has 0 saturated heterocycles. The van der Waals surface area contributed by atoms with Crippen LogP contribution in [0.15, 0.2) is 18.2 Å². The zero-order chi connectivity index (χ0) is 15.8. The highest BCUT2D eigenvalue weighted by Gasteiger charge is 2.39. The third kappa shape index (κ3) is 3.31. The Hall–Kier alpha value is -1.71. The number of nitrogens with one attached hydrogen (secondary N) is 1. The molecule has 0 aliphatic carbocycles. The number of hydrogen-bond acceptors (Lipinski definition) is 3. The summed E-state index contributed by atoms with van der Waals surface area (Å²) in [6, 6.07) is 6.19. The SMILES string of the molecule is CCc1ccc2c(c1)NCC(C)(C)N2C(=O)OC(C)(C)C. The van der Waals surface area contributed by atoms with E-state index in [9.17, 15) is 4.79 Å². The Labute approximate surface area is 127 Å². The van der Waals surface area contributed by atoms with Crippen LogP contribution in [0.5, 0.6) is 0 Å². The Kier molecular flexibility index (Phi) is 3.91. The molecule has 1 aliphatic rings. The van der Waals surface area contributed by atoms with Crippen LogP contribution in [0.2, 0.25) is 0 Å². The van der Waals surface area contributed by atoms with Gasteiger partial charge in [0.05, 0.1) is 16.9 Å². The maximum absolute atomic E-state index is 12.6. The highest BCUT2D eigenvalue weighted by molar-refractivity contribution is 5.95. The predicted octanol–water partition coefficient (Wildman–Crippen LogP) is 4.19. The molecule has 21 heavy (non-hydrogen) atoms. The fourth-order valence-corrected chi connectivity index (χ4v) is 2.51. The minimum Gasteiger partial charge on any atom is -0.443 e. The van der Waals surface area contributed by atoms with Crippen molar-refractivity contribution in [1.82, 2.24) is 0 Å². The lowest BCUT2D eigenvalue weighted by Gasteiger charge is -2.44. The average molecular weight is 290 g/mol. The van der Waals surface area contributed by atoms with Gasteiger partial charge in [-0.2, -0.15) is 0 Å². The lowest BCUT2D eigenvalue weighted by atomic mass is 9.97. The van der Waals surface area contributed by atoms with Crippen molar-refractivity contribution >= 4 is 17.5 Å². The fourth-order valence-electron chi connectivity index (χ4n) is 2.51. The summed E-state index contributed by atoms with van der Waals surface area (Å²) in [5, 5.41) is 3.43. The molecule has 4 nitrogen and oxygen atoms in total. The van der Waals surface area contributed by atoms with Crippen LogP contribution in [0, 0.1) is 0 Å². The molecule has 0 unspecified atom stereocenters. The number of aryl methyl sites for hydroxylation is 1. The molecule has 1 aromatic rings. The molecule has 4 heteroatoms. The molecule has 116 valence electrons. The van der Waals surface area contributed by atoms with Crippen LogP contribution in [0.4, 0.5) is 16.2 Å². The Morgan fingerprint density at radius 3 is 2.62 bits per heavy atom. The summed E-state index contributed by atoms with van der Waals surface area (Å²) in [6.45, 7) is 12.6. The summed E-state index contributed by atoms with van der Waals surface area (Å²) in [5.74, 6) is 0. The highest BCUT2D eigenvalue weighted by atomic mass is 16.6. The van der Waals surface area contributed by atoms with Gasteiger partial charge in [0.1, 0.15) is 5.60 Å². The van der Waals surface area contributed by atoms with Crippen molar-refractivity contribution in [3.8, 4) is 0 Å². The number of ether oxygens (including phenoxy) is 1. The Bertz CT molecular complexity index is 544. The van der Waals surface area contributed by atoms with E-state index < -0.39 is 5.60 Å². The molecule has 1 amide bonds. The molecular weight excluding hydrogens is 264 g/mol. The van der Waals surface area contributed by atoms with Crippen LogP contribution in [0.3, 0.4) is 0 Å². The third-order valence-electron chi connectivity index (χ3n) is 3.60. The van der Waals surface area contributed by atoms with Crippen LogP contribution in [0.1, 0.15) is 47.1 Å². The first kappa shape index (κ1) is 15.7. The van der Waals surface area contributed by atoms with Crippen molar-refractivity contribution in [2.75, 3.05) is 16.8 Å². The largest absolute Gasteiger partial charge is 0.443 e. The second kappa shape index (κ2) is 5.24. The Balaban J connectivity index is 2.41. The van der Waals surface area contributed by atoms with Crippen molar-refractivity contribution in [3.63, 3.8) is 0 Å². The molecule has 2 rings (SSSR count). The van der Waals surface area contributed by atoms with E-state index in [1.807, 2.05) is 40.7 Å². The number of amides is 1. The zero-order valence-corrected chi connectivity index (χ0v) is 13.9. The van der Waals surface area contributed by atoms with Crippen LogP contribution in [0.25, 0.3) is 0 Å². The molecule has 0 aromatic heterocycles. The van der Waals surface area contributed by atoms with Gasteiger partial charge >= 0.3 is 6.09 Å². The van der Waals surface area contributed by atoms with Gasteiger partial charge in [-0.25, -0.2) is 4.79 Å². The average Bonchev–Trinajstić information content (AvgIpc) is 2.35. The second-order valence-corrected chi connectivity index (χ2v) is 7.19. The summed E-state index contributed by atoms with van der Waals surface area (Å²) in [5.41, 5.74) is 2.31. The minimum absolute atomic E-state index is 0.292. The molecule has 1 N–H and O–H groups in total. The molecule has 1 aromatic carbocycles. The lowest BCUT2D eigenvalue weighted by Crippen LogP contribution is -2.56. The smallest absolute Gasteiger partial charge is 0.415 e. The lowest BCUT2D eigenvalue weighted by molar-refractivity contribution is 0.0546. The summed E-state index contributed by atoms with van der Waals surface area (Å²) >= 11 is 0. The fraction of sp³-hybridized carbons (Fsp3) is 0.588. The summed E-state index contributed by atoms with van der Waals surface area (Å²) < 4.78 is 5.59. The molecule has 1 heterocycles. The van der Waals surface area contributed by atoms with E-state index in [1.165, 1.54) is 5.56 Å². The predicted molar refractivity (Wildman–Crippen MR) is 87.1 cm³/mol. The second-order valence-electron chi connectivity index (χ2n) is 7.19. The molecule has 0 radical (unpaired) electrons. The number of fused-ring (bicyclic) bond motifs is 1. The van der Waals surface area contributed by atoms with Gasteiger partial charge in [0.15, 0.2) is 0 Å². The van der Waals surface area contributed by atoms with Gasteiger partial charge in [-0.1, -0.05) is 13.0 Å². The molecule has 0 atom stereocenters. The molecule has 0 bridgehead atoms. The third-order valence-corrected chi connectivity index (χ3v) is 3.60. The Morgan fingerprint density at radius 2 is 2.05 bits per heavy atom. The van der Waals surface area contributed by atoms with E-state index in [2.05, 4.69) is 24.4 Å². The van der Waals surface area contributed by atoms with Gasteiger partial charge in [0, 0.05) is 6.54 Å². The molecule has 0 saturated carbocycles. The number of nitrogens with zero attached hydrogens (tertiary/aromatic N) is 1. The summed E-state index contributed by atoms with van der Waals surface area (Å²) in [7, 11) is 0. The first-order valence-corrected chi connectivity index (χ1v) is 7.54. The molecule has 0 spiro atoms. The van der Waals surface area contributed by atoms with Crippen molar-refractivity contribution < 1.29 is 9.53 Å².